The maximum atomic E-state index is 12.3. The van der Waals surface area contributed by atoms with Crippen LogP contribution in [0.4, 0.5) is 5.69 Å². The summed E-state index contributed by atoms with van der Waals surface area (Å²) in [6.45, 7) is 0. The predicted octanol–water partition coefficient (Wildman–Crippen LogP) is 1.08. The van der Waals surface area contributed by atoms with E-state index in [2.05, 4.69) is 10.6 Å². The van der Waals surface area contributed by atoms with Gasteiger partial charge in [0.25, 0.3) is 5.91 Å². The Labute approximate surface area is 163 Å². The van der Waals surface area contributed by atoms with Crippen LogP contribution in [0.3, 0.4) is 0 Å². The minimum Gasteiger partial charge on any atom is -0.497 e. The summed E-state index contributed by atoms with van der Waals surface area (Å²) in [6.07, 6.45) is 0. The molecule has 3 aromatic rings. The Hall–Kier alpha value is -3.53. The van der Waals surface area contributed by atoms with Gasteiger partial charge < -0.3 is 15.8 Å². The van der Waals surface area contributed by atoms with Crippen LogP contribution in [0.15, 0.2) is 62.9 Å². The summed E-state index contributed by atoms with van der Waals surface area (Å²) in [6, 6.07) is 13.3. The molecule has 0 unspecified atom stereocenters. The third-order valence-corrected chi connectivity index (χ3v) is 4.77. The molecule has 0 radical (unpaired) electrons. The Morgan fingerprint density at radius 3 is 2.61 bits per heavy atom. The maximum absolute atomic E-state index is 12.3. The highest BCUT2D eigenvalue weighted by molar-refractivity contribution is 7.99. The van der Waals surface area contributed by atoms with E-state index in [9.17, 15) is 14.4 Å². The number of ether oxygens (including phenoxy) is 1. The van der Waals surface area contributed by atoms with Crippen molar-refractivity contribution in [3.8, 4) is 11.4 Å². The molecule has 9 nitrogen and oxygen atoms in total. The first-order valence-corrected chi connectivity index (χ1v) is 9.07. The minimum absolute atomic E-state index is 0.0775. The van der Waals surface area contributed by atoms with Gasteiger partial charge >= 0.3 is 10.7 Å². The van der Waals surface area contributed by atoms with Crippen LogP contribution in [0.2, 0.25) is 0 Å². The van der Waals surface area contributed by atoms with Gasteiger partial charge in [0.2, 0.25) is 11.6 Å². The van der Waals surface area contributed by atoms with Crippen LogP contribution in [0.25, 0.3) is 5.69 Å². The molecule has 0 bridgehead atoms. The van der Waals surface area contributed by atoms with Crippen LogP contribution in [0.5, 0.6) is 5.75 Å². The number of hydrogen-bond donors (Lipinski definition) is 3. The zero-order chi connectivity index (χ0) is 20.1. The Morgan fingerprint density at radius 1 is 1.21 bits per heavy atom. The number of nitrogens with zero attached hydrogens (tertiary/aromatic N) is 1. The van der Waals surface area contributed by atoms with Crippen molar-refractivity contribution in [1.29, 1.82) is 0 Å². The number of benzene rings is 2. The molecule has 0 fully saturated rings. The number of H-pyrrole nitrogens is 1. The summed E-state index contributed by atoms with van der Waals surface area (Å²) in [5.74, 6) is -0.462. The molecule has 1 aromatic heterocycles. The van der Waals surface area contributed by atoms with Crippen molar-refractivity contribution < 1.29 is 23.5 Å². The van der Waals surface area contributed by atoms with Crippen molar-refractivity contribution in [2.45, 2.75) is 5.03 Å². The number of nitrogens with two attached hydrogens (primary N) is 1. The quantitative estimate of drug-likeness (QED) is 0.401. The minimum atomic E-state index is -0.646. The third-order valence-electron chi connectivity index (χ3n) is 3.74. The van der Waals surface area contributed by atoms with E-state index in [1.54, 1.807) is 49.6 Å². The molecule has 4 N–H and O–H groups in total. The van der Waals surface area contributed by atoms with E-state index in [0.717, 1.165) is 11.8 Å². The van der Waals surface area contributed by atoms with Crippen LogP contribution in [-0.2, 0) is 4.79 Å². The highest BCUT2D eigenvalue weighted by atomic mass is 32.2. The average Bonchev–Trinajstić information content (AvgIpc) is 3.07. The summed E-state index contributed by atoms with van der Waals surface area (Å²) < 4.78 is 11.4. The molecule has 0 aliphatic rings. The van der Waals surface area contributed by atoms with Gasteiger partial charge in [-0.1, -0.05) is 12.1 Å². The second-order valence-corrected chi connectivity index (χ2v) is 6.53. The van der Waals surface area contributed by atoms with Gasteiger partial charge in [-0.15, -0.1) is 0 Å². The number of hydrogen-bond acceptors (Lipinski definition) is 6. The average molecular weight is 401 g/mol. The number of para-hydroxylation sites is 1. The molecule has 28 heavy (non-hydrogen) atoms. The third kappa shape index (κ3) is 4.23. The first-order valence-electron chi connectivity index (χ1n) is 8.09. The number of nitrogens with one attached hydrogen (secondary N) is 2. The number of thioether (sulfide) groups is 1. The molecule has 0 saturated heterocycles. The van der Waals surface area contributed by atoms with Gasteiger partial charge in [0.05, 0.1) is 24.1 Å². The number of anilines is 1. The molecule has 1 heterocycles. The molecule has 0 spiro atoms. The summed E-state index contributed by atoms with van der Waals surface area (Å²) in [7, 11) is 1.55. The maximum Gasteiger partial charge on any atom is 0.442 e. The lowest BCUT2D eigenvalue weighted by Gasteiger charge is -2.07. The van der Waals surface area contributed by atoms with Gasteiger partial charge in [-0.2, -0.15) is 0 Å². The summed E-state index contributed by atoms with van der Waals surface area (Å²) in [5, 5.41) is 5.32. The van der Waals surface area contributed by atoms with Gasteiger partial charge in [-0.25, -0.2) is 4.79 Å². The van der Waals surface area contributed by atoms with Crippen LogP contribution in [0, 0.1) is 0 Å². The van der Waals surface area contributed by atoms with Gasteiger partial charge in [-0.3, -0.25) is 14.1 Å². The Kier molecular flexibility index (Phi) is 5.80. The largest absolute Gasteiger partial charge is 0.497 e. The number of rotatable bonds is 7. The van der Waals surface area contributed by atoms with Crippen molar-refractivity contribution >= 4 is 29.3 Å². The summed E-state index contributed by atoms with van der Waals surface area (Å²) in [4.78, 5) is 35.7. The number of carbonyl (C=O) groups is 2. The smallest absolute Gasteiger partial charge is 0.442 e. The molecule has 0 aliphatic heterocycles. The SMILES string of the molecule is COc1ccc(-[n+]2[nH]oc(=O)c2SCC(=O)Nc2ccccc2C(N)=O)cc1. The zero-order valence-electron chi connectivity index (χ0n) is 14.8. The van der Waals surface area contributed by atoms with Gasteiger partial charge in [0.1, 0.15) is 5.75 Å². The fraction of sp³-hybridized carbons (Fsp3) is 0.111. The predicted molar refractivity (Wildman–Crippen MR) is 102 cm³/mol. The first kappa shape index (κ1) is 19.2. The monoisotopic (exact) mass is 401 g/mol. The van der Waals surface area contributed by atoms with Gasteiger partial charge in [0, 0.05) is 12.1 Å². The number of aromatic nitrogens is 2. The standard InChI is InChI=1S/C18H16N4O5S/c1-26-12-8-6-11(7-9-12)22-17(18(25)27-21-22)28-10-15(23)20-14-5-3-2-4-13(14)16(19)24/h2-9H,10H2,1H3,(H3-,19,20,21,23,24,25)/p+1. The van der Waals surface area contributed by atoms with E-state index in [0.29, 0.717) is 17.1 Å². The molecule has 0 aliphatic carbocycles. The molecule has 2 amide bonds. The lowest BCUT2D eigenvalue weighted by molar-refractivity contribution is -0.704. The van der Waals surface area contributed by atoms with Crippen molar-refractivity contribution in [3.05, 3.63) is 64.5 Å². The fourth-order valence-corrected chi connectivity index (χ4v) is 3.19. The lowest BCUT2D eigenvalue weighted by atomic mass is 10.1. The highest BCUT2D eigenvalue weighted by Gasteiger charge is 2.25. The van der Waals surface area contributed by atoms with E-state index >= 15 is 0 Å². The van der Waals surface area contributed by atoms with Crippen LogP contribution in [-0.4, -0.2) is 29.9 Å². The number of primary amides is 1. The van der Waals surface area contributed by atoms with E-state index in [-0.39, 0.29) is 16.3 Å². The molecule has 10 heteroatoms. The Morgan fingerprint density at radius 2 is 1.93 bits per heavy atom. The molecular formula is C18H17N4O5S+. The van der Waals surface area contributed by atoms with Gasteiger partial charge in [-0.05, 0) is 46.0 Å². The molecule has 2 aromatic carbocycles. The Balaban J connectivity index is 1.73. The summed E-state index contributed by atoms with van der Waals surface area (Å²) in [5.41, 5.74) is 5.84. The van der Waals surface area contributed by atoms with Crippen LogP contribution >= 0.6 is 11.8 Å². The van der Waals surface area contributed by atoms with Crippen LogP contribution < -0.4 is 26.1 Å². The van der Waals surface area contributed by atoms with E-state index in [1.807, 2.05) is 0 Å². The number of amides is 2. The second-order valence-electron chi connectivity index (χ2n) is 5.57. The molecule has 3 rings (SSSR count). The zero-order valence-corrected chi connectivity index (χ0v) is 15.6. The first-order chi connectivity index (χ1) is 13.5. The molecule has 0 atom stereocenters. The number of methoxy groups -OCH3 is 1. The van der Waals surface area contributed by atoms with Gasteiger partial charge in [0.15, 0.2) is 0 Å². The molecule has 144 valence electrons. The van der Waals surface area contributed by atoms with Crippen molar-refractivity contribution in [2.24, 2.45) is 5.73 Å². The fourth-order valence-electron chi connectivity index (χ4n) is 2.42. The lowest BCUT2D eigenvalue weighted by Crippen LogP contribution is -2.36. The van der Waals surface area contributed by atoms with E-state index in [4.69, 9.17) is 15.0 Å². The van der Waals surface area contributed by atoms with Crippen molar-refractivity contribution in [2.75, 3.05) is 18.2 Å². The number of carbonyl (C=O) groups excluding carboxylic acids is 2. The summed E-state index contributed by atoms with van der Waals surface area (Å²) >= 11 is 0.993. The second kappa shape index (κ2) is 8.44. The van der Waals surface area contributed by atoms with E-state index < -0.39 is 17.4 Å². The topological polar surface area (TPSA) is 131 Å². The van der Waals surface area contributed by atoms with Crippen LogP contribution in [0.1, 0.15) is 10.4 Å². The normalized spacial score (nSPS) is 10.5. The highest BCUT2D eigenvalue weighted by Crippen LogP contribution is 2.17. The molecule has 0 saturated carbocycles. The molecular weight excluding hydrogens is 384 g/mol. The van der Waals surface area contributed by atoms with Crippen molar-refractivity contribution in [3.63, 3.8) is 0 Å². The van der Waals surface area contributed by atoms with Crippen molar-refractivity contribution in [1.82, 2.24) is 5.27 Å². The Bertz CT molecular complexity index is 1060. The van der Waals surface area contributed by atoms with E-state index in [1.165, 1.54) is 10.7 Å². The number of aromatic amines is 1.